The van der Waals surface area contributed by atoms with E-state index in [-0.39, 0.29) is 5.84 Å². The fourth-order valence-corrected chi connectivity index (χ4v) is 2.84. The van der Waals surface area contributed by atoms with Gasteiger partial charge in [0.05, 0.1) is 11.3 Å². The van der Waals surface area contributed by atoms with Crippen LogP contribution in [-0.2, 0) is 10.2 Å². The number of rotatable bonds is 5. The topological polar surface area (TPSA) is 96.6 Å². The summed E-state index contributed by atoms with van der Waals surface area (Å²) in [5, 5.41) is 3.27. The predicted octanol–water partition coefficient (Wildman–Crippen LogP) is 1.66. The first-order chi connectivity index (χ1) is 9.03. The predicted molar refractivity (Wildman–Crippen MR) is 77.7 cm³/mol. The maximum absolute atomic E-state index is 11.4. The molecule has 0 amide bonds. The Labute approximate surface area is 113 Å². The van der Waals surface area contributed by atoms with E-state index < -0.39 is 10.2 Å². The number of hydrogen-bond donors (Lipinski definition) is 3. The fraction of sp³-hybridized carbons (Fsp3) is 0.417. The summed E-state index contributed by atoms with van der Waals surface area (Å²) in [6, 6.07) is 5.32. The van der Waals surface area contributed by atoms with E-state index in [0.717, 1.165) is 31.5 Å². The Hall–Kier alpha value is -1.76. The summed E-state index contributed by atoms with van der Waals surface area (Å²) in [7, 11) is -3.71. The Bertz CT molecular complexity index is 596. The molecule has 1 aromatic rings. The molecule has 7 heteroatoms. The van der Waals surface area contributed by atoms with Crippen molar-refractivity contribution in [3.63, 3.8) is 0 Å². The first-order valence-electron chi connectivity index (χ1n) is 6.29. The number of nitrogens with two attached hydrogens (primary N) is 1. The molecule has 0 aromatic heterocycles. The quantitative estimate of drug-likeness (QED) is 0.716. The lowest BCUT2D eigenvalue weighted by Gasteiger charge is -2.19. The minimum absolute atomic E-state index is 0.0207. The minimum atomic E-state index is -3.71. The van der Waals surface area contributed by atoms with Crippen molar-refractivity contribution in [2.24, 2.45) is 10.1 Å². The van der Waals surface area contributed by atoms with Gasteiger partial charge in [0.1, 0.15) is 5.84 Å². The van der Waals surface area contributed by atoms with Gasteiger partial charge in [0.25, 0.3) is 0 Å². The smallest absolute Gasteiger partial charge is 0.344 e. The summed E-state index contributed by atoms with van der Waals surface area (Å²) < 4.78 is 28.7. The molecule has 4 N–H and O–H groups in total. The van der Waals surface area contributed by atoms with Gasteiger partial charge in [-0.1, -0.05) is 25.8 Å². The molecule has 19 heavy (non-hydrogen) atoms. The lowest BCUT2D eigenvalue weighted by atomic mass is 10.1. The highest BCUT2D eigenvalue weighted by Gasteiger charge is 2.23. The Morgan fingerprint density at radius 1 is 1.37 bits per heavy atom. The summed E-state index contributed by atoms with van der Waals surface area (Å²) in [5.41, 5.74) is 7.63. The van der Waals surface area contributed by atoms with E-state index in [2.05, 4.69) is 21.4 Å². The number of benzene rings is 1. The van der Waals surface area contributed by atoms with Crippen LogP contribution in [0.4, 0.5) is 11.4 Å². The van der Waals surface area contributed by atoms with Gasteiger partial charge < -0.3 is 11.1 Å². The van der Waals surface area contributed by atoms with E-state index in [0.29, 0.717) is 11.3 Å². The summed E-state index contributed by atoms with van der Waals surface area (Å²) in [6.45, 7) is 2.97. The first-order valence-corrected chi connectivity index (χ1v) is 7.73. The second kappa shape index (κ2) is 5.48. The monoisotopic (exact) mass is 282 g/mol. The molecule has 0 unspecified atom stereocenters. The van der Waals surface area contributed by atoms with Crippen molar-refractivity contribution < 1.29 is 8.42 Å². The fourth-order valence-electron chi connectivity index (χ4n) is 2.00. The number of unbranched alkanes of at least 4 members (excludes halogenated alkanes) is 2. The molecule has 2 rings (SSSR count). The molecule has 1 heterocycles. The molecule has 1 aliphatic rings. The van der Waals surface area contributed by atoms with Crippen molar-refractivity contribution in [1.29, 1.82) is 0 Å². The molecule has 0 saturated carbocycles. The number of amidine groups is 1. The summed E-state index contributed by atoms with van der Waals surface area (Å²) in [5.74, 6) is 0.0207. The van der Waals surface area contributed by atoms with Gasteiger partial charge in [0.2, 0.25) is 0 Å². The number of anilines is 2. The van der Waals surface area contributed by atoms with Crippen molar-refractivity contribution in [3.05, 3.63) is 23.8 Å². The van der Waals surface area contributed by atoms with Crippen LogP contribution in [0, 0.1) is 0 Å². The normalized spacial score (nSPS) is 16.2. The van der Waals surface area contributed by atoms with E-state index in [4.69, 9.17) is 5.73 Å². The van der Waals surface area contributed by atoms with Crippen molar-refractivity contribution in [2.75, 3.05) is 16.6 Å². The Kier molecular flexibility index (Phi) is 3.94. The first kappa shape index (κ1) is 13.7. The van der Waals surface area contributed by atoms with Crippen molar-refractivity contribution >= 4 is 27.4 Å². The number of hydrogen-bond acceptors (Lipinski definition) is 4. The van der Waals surface area contributed by atoms with Gasteiger partial charge in [-0.25, -0.2) is 0 Å². The number of nitrogens with zero attached hydrogens (tertiary/aromatic N) is 1. The van der Waals surface area contributed by atoms with Crippen LogP contribution < -0.4 is 15.8 Å². The molecular formula is C12H18N4O2S. The summed E-state index contributed by atoms with van der Waals surface area (Å²) >= 11 is 0. The number of nitrogens with one attached hydrogen (secondary N) is 2. The van der Waals surface area contributed by atoms with Gasteiger partial charge in [-0.05, 0) is 18.6 Å². The van der Waals surface area contributed by atoms with Crippen LogP contribution in [0.5, 0.6) is 0 Å². The second-order valence-corrected chi connectivity index (χ2v) is 5.75. The zero-order valence-electron chi connectivity index (χ0n) is 10.8. The van der Waals surface area contributed by atoms with Crippen LogP contribution in [0.25, 0.3) is 0 Å². The molecule has 0 atom stereocenters. The van der Waals surface area contributed by atoms with Gasteiger partial charge >= 0.3 is 10.2 Å². The minimum Gasteiger partial charge on any atom is -0.384 e. The average molecular weight is 282 g/mol. The zero-order chi connectivity index (χ0) is 13.9. The van der Waals surface area contributed by atoms with Crippen LogP contribution in [0.1, 0.15) is 31.7 Å². The van der Waals surface area contributed by atoms with E-state index in [1.165, 1.54) is 0 Å². The molecule has 0 fully saturated rings. The molecular weight excluding hydrogens is 264 g/mol. The third-order valence-corrected chi connectivity index (χ3v) is 3.79. The Morgan fingerprint density at radius 2 is 2.16 bits per heavy atom. The molecule has 0 bridgehead atoms. The SMILES string of the molecule is CCCCCNc1cccc2c1C(N)=NS(=O)(=O)N2. The van der Waals surface area contributed by atoms with Crippen molar-refractivity contribution in [1.82, 2.24) is 0 Å². The molecule has 0 aliphatic carbocycles. The molecule has 0 saturated heterocycles. The maximum Gasteiger partial charge on any atom is 0.344 e. The third kappa shape index (κ3) is 3.17. The molecule has 104 valence electrons. The van der Waals surface area contributed by atoms with E-state index in [1.807, 2.05) is 6.07 Å². The highest BCUT2D eigenvalue weighted by Crippen LogP contribution is 2.28. The van der Waals surface area contributed by atoms with Gasteiger partial charge in [-0.15, -0.1) is 4.40 Å². The van der Waals surface area contributed by atoms with Gasteiger partial charge in [-0.3, -0.25) is 4.72 Å². The van der Waals surface area contributed by atoms with Crippen LogP contribution in [0.15, 0.2) is 22.6 Å². The highest BCUT2D eigenvalue weighted by molar-refractivity contribution is 7.91. The highest BCUT2D eigenvalue weighted by atomic mass is 32.2. The van der Waals surface area contributed by atoms with Crippen molar-refractivity contribution in [2.45, 2.75) is 26.2 Å². The van der Waals surface area contributed by atoms with Crippen LogP contribution in [0.3, 0.4) is 0 Å². The van der Waals surface area contributed by atoms with Gasteiger partial charge in [-0.2, -0.15) is 8.42 Å². The summed E-state index contributed by atoms with van der Waals surface area (Å²) in [6.07, 6.45) is 3.36. The molecule has 1 aliphatic heterocycles. The Balaban J connectivity index is 2.24. The lowest BCUT2D eigenvalue weighted by molar-refractivity contribution is 0.602. The van der Waals surface area contributed by atoms with E-state index in [9.17, 15) is 8.42 Å². The maximum atomic E-state index is 11.4. The molecule has 0 radical (unpaired) electrons. The third-order valence-electron chi connectivity index (χ3n) is 2.87. The second-order valence-electron chi connectivity index (χ2n) is 4.42. The van der Waals surface area contributed by atoms with Crippen LogP contribution in [0.2, 0.25) is 0 Å². The molecule has 1 aromatic carbocycles. The lowest BCUT2D eigenvalue weighted by Crippen LogP contribution is -2.27. The number of fused-ring (bicyclic) bond motifs is 1. The van der Waals surface area contributed by atoms with E-state index >= 15 is 0 Å². The van der Waals surface area contributed by atoms with Gasteiger partial charge in [0, 0.05) is 12.2 Å². The zero-order valence-corrected chi connectivity index (χ0v) is 11.6. The molecule has 0 spiro atoms. The summed E-state index contributed by atoms with van der Waals surface area (Å²) in [4.78, 5) is 0. The largest absolute Gasteiger partial charge is 0.384 e. The van der Waals surface area contributed by atoms with Crippen molar-refractivity contribution in [3.8, 4) is 0 Å². The van der Waals surface area contributed by atoms with Gasteiger partial charge in [0.15, 0.2) is 0 Å². The van der Waals surface area contributed by atoms with E-state index in [1.54, 1.807) is 12.1 Å². The van der Waals surface area contributed by atoms with Crippen LogP contribution in [-0.4, -0.2) is 20.8 Å². The standard InChI is InChI=1S/C12H18N4O2S/c1-2-3-4-8-14-9-6-5-7-10-11(9)12(13)16-19(17,18)15-10/h5-7,14-15H,2-4,8H2,1H3,(H2,13,16). The molecule has 6 nitrogen and oxygen atoms in total. The average Bonchev–Trinajstić information content (AvgIpc) is 2.32. The van der Waals surface area contributed by atoms with Crippen LogP contribution >= 0.6 is 0 Å². The Morgan fingerprint density at radius 3 is 2.89 bits per heavy atom.